The van der Waals surface area contributed by atoms with Gasteiger partial charge in [0.25, 0.3) is 5.78 Å². The number of fused-ring (bicyclic) bond motifs is 1. The van der Waals surface area contributed by atoms with Crippen molar-refractivity contribution in [2.45, 2.75) is 33.2 Å². The summed E-state index contributed by atoms with van der Waals surface area (Å²) < 4.78 is 6.35. The van der Waals surface area contributed by atoms with Crippen molar-refractivity contribution in [2.75, 3.05) is 7.11 Å². The molecule has 0 saturated carbocycles. The van der Waals surface area contributed by atoms with Gasteiger partial charge in [-0.3, -0.25) is 4.79 Å². The lowest BCUT2D eigenvalue weighted by atomic mass is 10.1. The predicted octanol–water partition coefficient (Wildman–Crippen LogP) is 1.78. The van der Waals surface area contributed by atoms with Crippen LogP contribution in [0, 0.1) is 13.8 Å². The lowest BCUT2D eigenvalue weighted by Crippen LogP contribution is -2.23. The van der Waals surface area contributed by atoms with E-state index in [1.165, 1.54) is 13.4 Å². The molecule has 0 aliphatic carbocycles. The quantitative estimate of drug-likeness (QED) is 0.667. The number of esters is 1. The Balaban J connectivity index is 1.56. The van der Waals surface area contributed by atoms with Crippen molar-refractivity contribution in [3.63, 3.8) is 0 Å². The highest BCUT2D eigenvalue weighted by atomic mass is 16.5. The minimum Gasteiger partial charge on any atom is -0.465 e. The summed E-state index contributed by atoms with van der Waals surface area (Å²) >= 11 is 0. The molecule has 0 atom stereocenters. The van der Waals surface area contributed by atoms with Crippen molar-refractivity contribution in [3.8, 4) is 0 Å². The summed E-state index contributed by atoms with van der Waals surface area (Å²) in [5.41, 5.74) is 4.20. The van der Waals surface area contributed by atoms with Gasteiger partial charge in [0.05, 0.1) is 12.7 Å². The van der Waals surface area contributed by atoms with Crippen molar-refractivity contribution >= 4 is 17.7 Å². The van der Waals surface area contributed by atoms with Crippen LogP contribution < -0.4 is 5.32 Å². The van der Waals surface area contributed by atoms with E-state index in [0.717, 1.165) is 22.5 Å². The maximum atomic E-state index is 12.2. The number of aryl methyl sites for hydroxylation is 2. The first kappa shape index (κ1) is 18.5. The number of hydrogen-bond donors (Lipinski definition) is 1. The second kappa shape index (κ2) is 7.94. The zero-order valence-corrected chi connectivity index (χ0v) is 15.5. The maximum Gasteiger partial charge on any atom is 0.337 e. The number of methoxy groups -OCH3 is 1. The number of benzene rings is 1. The number of carbonyl (C=O) groups is 2. The highest BCUT2D eigenvalue weighted by molar-refractivity contribution is 5.89. The smallest absolute Gasteiger partial charge is 0.337 e. The minimum atomic E-state index is -0.380. The van der Waals surface area contributed by atoms with Crippen molar-refractivity contribution in [2.24, 2.45) is 0 Å². The molecule has 0 unspecified atom stereocenters. The molecule has 0 fully saturated rings. The van der Waals surface area contributed by atoms with Crippen LogP contribution in [0.4, 0.5) is 0 Å². The van der Waals surface area contributed by atoms with Crippen LogP contribution >= 0.6 is 0 Å². The van der Waals surface area contributed by atoms with Crippen LogP contribution in [0.25, 0.3) is 5.78 Å². The number of ether oxygens (including phenoxy) is 1. The summed E-state index contributed by atoms with van der Waals surface area (Å²) in [5, 5.41) is 7.05. The molecule has 1 amide bonds. The lowest BCUT2D eigenvalue weighted by Gasteiger charge is -2.10. The third-order valence-electron chi connectivity index (χ3n) is 4.46. The summed E-state index contributed by atoms with van der Waals surface area (Å²) in [4.78, 5) is 32.1. The number of nitrogens with one attached hydrogen (secondary N) is 1. The van der Waals surface area contributed by atoms with E-state index in [1.54, 1.807) is 28.8 Å². The number of nitrogens with zero attached hydrogens (tertiary/aromatic N) is 4. The van der Waals surface area contributed by atoms with E-state index in [0.29, 0.717) is 30.7 Å². The topological polar surface area (TPSA) is 98.5 Å². The molecular formula is C19H21N5O3. The normalized spacial score (nSPS) is 10.8. The van der Waals surface area contributed by atoms with Gasteiger partial charge in [-0.1, -0.05) is 12.1 Å². The van der Waals surface area contributed by atoms with Crippen LogP contribution in [0.3, 0.4) is 0 Å². The monoisotopic (exact) mass is 367 g/mol. The van der Waals surface area contributed by atoms with Gasteiger partial charge in [0.2, 0.25) is 5.91 Å². The molecule has 0 aliphatic rings. The molecule has 0 aliphatic heterocycles. The fourth-order valence-corrected chi connectivity index (χ4v) is 2.92. The van der Waals surface area contributed by atoms with Gasteiger partial charge in [0.1, 0.15) is 6.33 Å². The summed E-state index contributed by atoms with van der Waals surface area (Å²) in [5.74, 6) is 0.132. The molecule has 2 heterocycles. The third-order valence-corrected chi connectivity index (χ3v) is 4.46. The Morgan fingerprint density at radius 2 is 1.93 bits per heavy atom. The van der Waals surface area contributed by atoms with E-state index >= 15 is 0 Å². The Morgan fingerprint density at radius 3 is 2.63 bits per heavy atom. The van der Waals surface area contributed by atoms with Gasteiger partial charge in [0.15, 0.2) is 0 Å². The van der Waals surface area contributed by atoms with Gasteiger partial charge in [-0.15, -0.1) is 0 Å². The van der Waals surface area contributed by atoms with E-state index in [4.69, 9.17) is 0 Å². The SMILES string of the molecule is COC(=O)c1ccc(CNC(=O)CCc2c(C)nc3ncnn3c2C)cc1. The molecule has 0 radical (unpaired) electrons. The molecule has 0 bridgehead atoms. The molecule has 3 rings (SSSR count). The Bertz CT molecular complexity index is 979. The first-order valence-corrected chi connectivity index (χ1v) is 8.59. The first-order chi connectivity index (χ1) is 13.0. The molecule has 3 aromatic rings. The largest absolute Gasteiger partial charge is 0.465 e. The van der Waals surface area contributed by atoms with Crippen LogP contribution in [-0.2, 0) is 22.5 Å². The zero-order chi connectivity index (χ0) is 19.4. The average molecular weight is 367 g/mol. The Kier molecular flexibility index (Phi) is 5.44. The second-order valence-corrected chi connectivity index (χ2v) is 6.20. The first-order valence-electron chi connectivity index (χ1n) is 8.59. The van der Waals surface area contributed by atoms with E-state index in [9.17, 15) is 9.59 Å². The summed E-state index contributed by atoms with van der Waals surface area (Å²) in [6.07, 6.45) is 2.40. The van der Waals surface area contributed by atoms with Crippen molar-refractivity contribution in [3.05, 3.63) is 58.7 Å². The highest BCUT2D eigenvalue weighted by Gasteiger charge is 2.12. The Morgan fingerprint density at radius 1 is 1.19 bits per heavy atom. The highest BCUT2D eigenvalue weighted by Crippen LogP contribution is 2.15. The van der Waals surface area contributed by atoms with Gasteiger partial charge >= 0.3 is 5.97 Å². The second-order valence-electron chi connectivity index (χ2n) is 6.20. The van der Waals surface area contributed by atoms with Crippen molar-refractivity contribution in [1.82, 2.24) is 24.9 Å². The summed E-state index contributed by atoms with van der Waals surface area (Å²) in [7, 11) is 1.34. The van der Waals surface area contributed by atoms with E-state index in [1.807, 2.05) is 13.8 Å². The van der Waals surface area contributed by atoms with Crippen LogP contribution in [0.5, 0.6) is 0 Å². The molecule has 2 aromatic heterocycles. The summed E-state index contributed by atoms with van der Waals surface area (Å²) in [6, 6.07) is 6.95. The zero-order valence-electron chi connectivity index (χ0n) is 15.5. The molecule has 27 heavy (non-hydrogen) atoms. The number of aromatic nitrogens is 4. The van der Waals surface area contributed by atoms with Crippen molar-refractivity contribution in [1.29, 1.82) is 0 Å². The molecule has 1 aromatic carbocycles. The predicted molar refractivity (Wildman–Crippen MR) is 98.2 cm³/mol. The van der Waals surface area contributed by atoms with Crippen LogP contribution in [0.15, 0.2) is 30.6 Å². The van der Waals surface area contributed by atoms with Gasteiger partial charge in [-0.2, -0.15) is 10.1 Å². The van der Waals surface area contributed by atoms with Crippen LogP contribution in [-0.4, -0.2) is 38.6 Å². The van der Waals surface area contributed by atoms with E-state index < -0.39 is 0 Å². The van der Waals surface area contributed by atoms with Crippen LogP contribution in [0.1, 0.15) is 39.3 Å². The lowest BCUT2D eigenvalue weighted by molar-refractivity contribution is -0.121. The standard InChI is InChI=1S/C19H21N5O3/c1-12-16(13(2)24-19(23-12)21-11-22-24)8-9-17(25)20-10-14-4-6-15(7-5-14)18(26)27-3/h4-7,11H,8-10H2,1-3H3,(H,20,25). The fourth-order valence-electron chi connectivity index (χ4n) is 2.92. The molecule has 1 N–H and O–H groups in total. The number of amides is 1. The van der Waals surface area contributed by atoms with Crippen molar-refractivity contribution < 1.29 is 14.3 Å². The minimum absolute atomic E-state index is 0.0514. The van der Waals surface area contributed by atoms with Gasteiger partial charge in [-0.05, 0) is 43.5 Å². The summed E-state index contributed by atoms with van der Waals surface area (Å²) in [6.45, 7) is 4.27. The third kappa shape index (κ3) is 4.11. The van der Waals surface area contributed by atoms with Gasteiger partial charge < -0.3 is 10.1 Å². The average Bonchev–Trinajstić information content (AvgIpc) is 3.14. The van der Waals surface area contributed by atoms with Crippen LogP contribution in [0.2, 0.25) is 0 Å². The molecule has 8 nitrogen and oxygen atoms in total. The molecule has 0 spiro atoms. The van der Waals surface area contributed by atoms with E-state index in [-0.39, 0.29) is 11.9 Å². The molecule has 140 valence electrons. The van der Waals surface area contributed by atoms with Gasteiger partial charge in [-0.25, -0.2) is 14.3 Å². The number of carbonyl (C=O) groups excluding carboxylic acids is 2. The van der Waals surface area contributed by atoms with Gasteiger partial charge in [0, 0.05) is 24.4 Å². The Hall–Kier alpha value is -3.29. The fraction of sp³-hybridized carbons (Fsp3) is 0.316. The Labute approximate surface area is 156 Å². The van der Waals surface area contributed by atoms with E-state index in [2.05, 4.69) is 25.1 Å². The molecule has 8 heteroatoms. The number of hydrogen-bond acceptors (Lipinski definition) is 6. The molecular weight excluding hydrogens is 346 g/mol. The molecule has 0 saturated heterocycles. The maximum absolute atomic E-state index is 12.2. The number of rotatable bonds is 6.